The summed E-state index contributed by atoms with van der Waals surface area (Å²) < 4.78 is 44.6. The first-order chi connectivity index (χ1) is 15.8. The molecule has 1 unspecified atom stereocenters. The molecule has 1 aliphatic carbocycles. The zero-order valence-electron chi connectivity index (χ0n) is 17.9. The van der Waals surface area contributed by atoms with E-state index < -0.39 is 11.7 Å². The Morgan fingerprint density at radius 3 is 2.76 bits per heavy atom. The van der Waals surface area contributed by atoms with Crippen molar-refractivity contribution in [2.45, 2.75) is 49.0 Å². The van der Waals surface area contributed by atoms with Crippen molar-refractivity contribution in [2.75, 3.05) is 26.3 Å². The fourth-order valence-corrected chi connectivity index (χ4v) is 6.87. The van der Waals surface area contributed by atoms with Gasteiger partial charge in [-0.1, -0.05) is 18.5 Å². The number of aryl methyl sites for hydroxylation is 1. The van der Waals surface area contributed by atoms with E-state index in [0.717, 1.165) is 54.8 Å². The lowest BCUT2D eigenvalue weighted by atomic mass is 9.89. The molecule has 3 aromatic heterocycles. The molecule has 1 saturated heterocycles. The SMILES string of the molecule is CC1CCc2c(sc3nc(CN4CCOCC4)nc(Sc4ncc(C(F)(F)F)cc4Cl)c23)C1. The van der Waals surface area contributed by atoms with Crippen LogP contribution in [0.25, 0.3) is 10.2 Å². The minimum atomic E-state index is -4.49. The molecule has 5 rings (SSSR count). The average Bonchev–Trinajstić information content (AvgIpc) is 3.12. The van der Waals surface area contributed by atoms with Crippen molar-refractivity contribution in [3.05, 3.63) is 39.1 Å². The Morgan fingerprint density at radius 2 is 2.03 bits per heavy atom. The highest BCUT2D eigenvalue weighted by atomic mass is 35.5. The number of ether oxygens (including phenoxy) is 1. The quantitative estimate of drug-likeness (QED) is 0.406. The first-order valence-electron chi connectivity index (χ1n) is 10.8. The molecule has 33 heavy (non-hydrogen) atoms. The maximum atomic E-state index is 13.1. The molecule has 0 amide bonds. The minimum absolute atomic E-state index is 0.0333. The molecule has 4 heterocycles. The van der Waals surface area contributed by atoms with Crippen molar-refractivity contribution in [1.29, 1.82) is 0 Å². The van der Waals surface area contributed by atoms with Crippen LogP contribution in [0.15, 0.2) is 22.3 Å². The number of morpholine rings is 1. The average molecular weight is 515 g/mol. The van der Waals surface area contributed by atoms with Gasteiger partial charge in [-0.2, -0.15) is 13.2 Å². The van der Waals surface area contributed by atoms with E-state index in [-0.39, 0.29) is 5.02 Å². The molecule has 0 N–H and O–H groups in total. The Morgan fingerprint density at radius 1 is 1.24 bits per heavy atom. The standard InChI is InChI=1S/C22H22ClF3N4OS2/c1-12-2-3-14-16(8-12)32-20-18(14)21(29-17(28-20)11-30-4-6-31-7-5-30)33-19-15(23)9-13(10-27-19)22(24,25)26/h9-10,12H,2-8,11H2,1H3. The van der Waals surface area contributed by atoms with Crippen LogP contribution in [-0.2, 0) is 30.3 Å². The van der Waals surface area contributed by atoms with Gasteiger partial charge in [-0.05, 0) is 48.6 Å². The zero-order chi connectivity index (χ0) is 23.2. The number of pyridine rings is 1. The van der Waals surface area contributed by atoms with Gasteiger partial charge in [-0.3, -0.25) is 4.90 Å². The predicted octanol–water partition coefficient (Wildman–Crippen LogP) is 5.87. The van der Waals surface area contributed by atoms with Gasteiger partial charge in [0.2, 0.25) is 0 Å². The first kappa shape index (κ1) is 23.3. The molecule has 0 aromatic carbocycles. The summed E-state index contributed by atoms with van der Waals surface area (Å²) in [7, 11) is 0. The fourth-order valence-electron chi connectivity index (χ4n) is 4.20. The van der Waals surface area contributed by atoms with E-state index in [1.807, 2.05) is 0 Å². The highest BCUT2D eigenvalue weighted by Crippen LogP contribution is 2.44. The molecule has 176 valence electrons. The van der Waals surface area contributed by atoms with E-state index in [0.29, 0.717) is 41.6 Å². The number of nitrogens with zero attached hydrogens (tertiary/aromatic N) is 4. The minimum Gasteiger partial charge on any atom is -0.379 e. The second kappa shape index (κ2) is 9.30. The zero-order valence-corrected chi connectivity index (χ0v) is 20.3. The maximum Gasteiger partial charge on any atom is 0.417 e. The lowest BCUT2D eigenvalue weighted by Crippen LogP contribution is -2.36. The molecule has 1 aliphatic heterocycles. The molecule has 5 nitrogen and oxygen atoms in total. The number of alkyl halides is 3. The molecular formula is C22H22ClF3N4OS2. The molecule has 0 bridgehead atoms. The van der Waals surface area contributed by atoms with Crippen LogP contribution in [0.2, 0.25) is 5.02 Å². The third-order valence-electron chi connectivity index (χ3n) is 5.97. The van der Waals surface area contributed by atoms with Crippen LogP contribution < -0.4 is 0 Å². The van der Waals surface area contributed by atoms with E-state index in [1.165, 1.54) is 22.2 Å². The molecule has 3 aromatic rings. The van der Waals surface area contributed by atoms with Crippen LogP contribution in [0.4, 0.5) is 13.2 Å². The highest BCUT2D eigenvalue weighted by molar-refractivity contribution is 7.99. The number of halogens is 4. The van der Waals surface area contributed by atoms with Gasteiger partial charge in [-0.25, -0.2) is 15.0 Å². The van der Waals surface area contributed by atoms with E-state index in [4.69, 9.17) is 26.3 Å². The molecule has 1 fully saturated rings. The Hall–Kier alpha value is -1.46. The summed E-state index contributed by atoms with van der Waals surface area (Å²) in [4.78, 5) is 18.3. The second-order valence-electron chi connectivity index (χ2n) is 8.48. The summed E-state index contributed by atoms with van der Waals surface area (Å²) in [5.74, 6) is 1.31. The van der Waals surface area contributed by atoms with E-state index in [2.05, 4.69) is 16.8 Å². The molecule has 0 spiro atoms. The second-order valence-corrected chi connectivity index (χ2v) is 10.9. The van der Waals surface area contributed by atoms with Crippen molar-refractivity contribution in [3.63, 3.8) is 0 Å². The highest BCUT2D eigenvalue weighted by Gasteiger charge is 2.32. The lowest BCUT2D eigenvalue weighted by Gasteiger charge is -2.25. The Kier molecular flexibility index (Phi) is 6.56. The van der Waals surface area contributed by atoms with Crippen LogP contribution in [0.3, 0.4) is 0 Å². The van der Waals surface area contributed by atoms with Crippen molar-refractivity contribution < 1.29 is 17.9 Å². The summed E-state index contributed by atoms with van der Waals surface area (Å²) in [6, 6.07) is 0.925. The van der Waals surface area contributed by atoms with E-state index in [1.54, 1.807) is 11.3 Å². The van der Waals surface area contributed by atoms with Gasteiger partial charge >= 0.3 is 6.18 Å². The van der Waals surface area contributed by atoms with Crippen molar-refractivity contribution in [2.24, 2.45) is 5.92 Å². The van der Waals surface area contributed by atoms with Gasteiger partial charge in [0.05, 0.1) is 30.3 Å². The first-order valence-corrected chi connectivity index (χ1v) is 12.8. The number of hydrogen-bond donors (Lipinski definition) is 0. The molecule has 2 aliphatic rings. The van der Waals surface area contributed by atoms with Crippen LogP contribution in [0.1, 0.15) is 35.2 Å². The van der Waals surface area contributed by atoms with E-state index in [9.17, 15) is 13.2 Å². The molecule has 0 saturated carbocycles. The summed E-state index contributed by atoms with van der Waals surface area (Å²) >= 11 is 9.15. The monoisotopic (exact) mass is 514 g/mol. The van der Waals surface area contributed by atoms with Crippen molar-refractivity contribution >= 4 is 44.9 Å². The smallest absolute Gasteiger partial charge is 0.379 e. The predicted molar refractivity (Wildman–Crippen MR) is 123 cm³/mol. The summed E-state index contributed by atoms with van der Waals surface area (Å²) in [5, 5.41) is 1.99. The Balaban J connectivity index is 1.55. The van der Waals surface area contributed by atoms with Crippen LogP contribution in [0.5, 0.6) is 0 Å². The number of fused-ring (bicyclic) bond motifs is 3. The lowest BCUT2D eigenvalue weighted by molar-refractivity contribution is -0.137. The molecule has 0 radical (unpaired) electrons. The largest absolute Gasteiger partial charge is 0.417 e. The Labute approximate surface area is 202 Å². The third-order valence-corrected chi connectivity index (χ3v) is 8.52. The van der Waals surface area contributed by atoms with Gasteiger partial charge in [0.15, 0.2) is 0 Å². The summed E-state index contributed by atoms with van der Waals surface area (Å²) in [6.45, 7) is 5.84. The fraction of sp³-hybridized carbons (Fsp3) is 0.500. The topological polar surface area (TPSA) is 51.1 Å². The number of aromatic nitrogens is 3. The van der Waals surface area contributed by atoms with Crippen LogP contribution in [0, 0.1) is 5.92 Å². The normalized spacial score (nSPS) is 19.7. The Bertz CT molecular complexity index is 1180. The molecule has 1 atom stereocenters. The van der Waals surface area contributed by atoms with Crippen LogP contribution >= 0.6 is 34.7 Å². The van der Waals surface area contributed by atoms with Gasteiger partial charge in [0.25, 0.3) is 0 Å². The maximum absolute atomic E-state index is 13.1. The number of hydrogen-bond acceptors (Lipinski definition) is 7. The number of thiophene rings is 1. The van der Waals surface area contributed by atoms with Gasteiger partial charge < -0.3 is 4.74 Å². The van der Waals surface area contributed by atoms with Gasteiger partial charge in [0.1, 0.15) is 20.7 Å². The van der Waals surface area contributed by atoms with Crippen LogP contribution in [-0.4, -0.2) is 46.2 Å². The van der Waals surface area contributed by atoms with Crippen molar-refractivity contribution in [1.82, 2.24) is 19.9 Å². The van der Waals surface area contributed by atoms with Gasteiger partial charge in [0, 0.05) is 29.5 Å². The van der Waals surface area contributed by atoms with E-state index >= 15 is 0 Å². The molecule has 11 heteroatoms. The van der Waals surface area contributed by atoms with Gasteiger partial charge in [-0.15, -0.1) is 11.3 Å². The van der Waals surface area contributed by atoms with Crippen molar-refractivity contribution in [3.8, 4) is 0 Å². The third kappa shape index (κ3) is 5.00. The molecular weight excluding hydrogens is 493 g/mol. The summed E-state index contributed by atoms with van der Waals surface area (Å²) in [6.07, 6.45) is -0.608. The number of rotatable bonds is 4. The summed E-state index contributed by atoms with van der Waals surface area (Å²) in [5.41, 5.74) is 0.399.